The highest BCUT2D eigenvalue weighted by molar-refractivity contribution is 7.32. The van der Waals surface area contributed by atoms with E-state index < -0.39 is 5.97 Å². The highest BCUT2D eigenvalue weighted by Crippen LogP contribution is 2.23. The van der Waals surface area contributed by atoms with E-state index in [4.69, 9.17) is 10.4 Å². The predicted molar refractivity (Wildman–Crippen MR) is 58.3 cm³/mol. The number of rotatable bonds is 6. The zero-order valence-electron chi connectivity index (χ0n) is 8.61. The summed E-state index contributed by atoms with van der Waals surface area (Å²) in [4.78, 5) is 10.8. The van der Waals surface area contributed by atoms with Crippen LogP contribution in [0.5, 0.6) is 0 Å². The fourth-order valence-corrected chi connectivity index (χ4v) is 2.39. The summed E-state index contributed by atoms with van der Waals surface area (Å²) in [5, 5.41) is 20.0. The number of carboxylic acids is 1. The molecule has 1 aliphatic heterocycles. The van der Waals surface area contributed by atoms with Crippen LogP contribution in [0.4, 0.5) is 0 Å². The van der Waals surface area contributed by atoms with Crippen LogP contribution in [0.25, 0.3) is 0 Å². The molecule has 0 bridgehead atoms. The van der Waals surface area contributed by atoms with Crippen LogP contribution in [0.3, 0.4) is 0 Å². The maximum Gasteiger partial charge on any atom is 0.320 e. The van der Waals surface area contributed by atoms with Crippen molar-refractivity contribution in [1.29, 1.82) is 0 Å². The largest absolute Gasteiger partial charge is 0.480 e. The molecule has 0 radical (unpaired) electrons. The molecule has 1 heterocycles. The minimum absolute atomic E-state index is 0.149. The zero-order valence-corrected chi connectivity index (χ0v) is 9.61. The molecule has 0 amide bonds. The second-order valence-electron chi connectivity index (χ2n) is 3.86. The van der Waals surface area contributed by atoms with E-state index >= 15 is 0 Å². The SMILES string of the molecule is O=C(O)[C@H]1C[C@@H](CCCPOO)CCN1. The van der Waals surface area contributed by atoms with Crippen LogP contribution in [-0.2, 0) is 9.47 Å². The molecule has 6 heteroatoms. The molecule has 0 saturated carbocycles. The third-order valence-electron chi connectivity index (χ3n) is 2.77. The Labute approximate surface area is 91.0 Å². The quantitative estimate of drug-likeness (QED) is 0.280. The fraction of sp³-hybridized carbons (Fsp3) is 0.889. The van der Waals surface area contributed by atoms with E-state index in [1.54, 1.807) is 0 Å². The van der Waals surface area contributed by atoms with Gasteiger partial charge in [0.1, 0.15) is 6.04 Å². The minimum atomic E-state index is -0.750. The number of piperidine rings is 1. The Morgan fingerprint density at radius 2 is 2.40 bits per heavy atom. The Morgan fingerprint density at radius 3 is 3.07 bits per heavy atom. The van der Waals surface area contributed by atoms with Gasteiger partial charge in [0.25, 0.3) is 0 Å². The third kappa shape index (κ3) is 4.89. The average Bonchev–Trinajstić information content (AvgIpc) is 2.25. The summed E-state index contributed by atoms with van der Waals surface area (Å²) < 4.78 is 4.01. The van der Waals surface area contributed by atoms with Gasteiger partial charge in [-0.05, 0) is 44.3 Å². The summed E-state index contributed by atoms with van der Waals surface area (Å²) >= 11 is 0. The Balaban J connectivity index is 2.15. The molecule has 3 N–H and O–H groups in total. The van der Waals surface area contributed by atoms with Crippen LogP contribution in [0.2, 0.25) is 0 Å². The van der Waals surface area contributed by atoms with Crippen LogP contribution in [0.1, 0.15) is 25.7 Å². The summed E-state index contributed by atoms with van der Waals surface area (Å²) in [6.07, 6.45) is 4.65. The molecule has 1 saturated heterocycles. The molecule has 88 valence electrons. The first kappa shape index (κ1) is 12.8. The highest BCUT2D eigenvalue weighted by Gasteiger charge is 2.25. The molecule has 1 rings (SSSR count). The maximum atomic E-state index is 10.8. The van der Waals surface area contributed by atoms with Gasteiger partial charge in [0.05, 0.1) is 8.81 Å². The molecular weight excluding hydrogens is 217 g/mol. The molecule has 0 spiro atoms. The van der Waals surface area contributed by atoms with Gasteiger partial charge >= 0.3 is 5.97 Å². The van der Waals surface area contributed by atoms with Crippen molar-refractivity contribution in [3.05, 3.63) is 0 Å². The summed E-state index contributed by atoms with van der Waals surface area (Å²) in [6, 6.07) is -0.375. The first-order valence-corrected chi connectivity index (χ1v) is 6.35. The molecule has 3 atom stereocenters. The fourth-order valence-electron chi connectivity index (χ4n) is 1.96. The number of carbonyl (C=O) groups is 1. The molecule has 0 aromatic heterocycles. The van der Waals surface area contributed by atoms with Gasteiger partial charge < -0.3 is 10.4 Å². The van der Waals surface area contributed by atoms with Crippen molar-refractivity contribution < 1.29 is 19.8 Å². The number of hydrogen-bond donors (Lipinski definition) is 3. The maximum absolute atomic E-state index is 10.8. The Hall–Kier alpha value is -0.220. The minimum Gasteiger partial charge on any atom is -0.480 e. The van der Waals surface area contributed by atoms with Crippen molar-refractivity contribution in [2.75, 3.05) is 12.7 Å². The van der Waals surface area contributed by atoms with Gasteiger partial charge in [-0.3, -0.25) is 4.79 Å². The lowest BCUT2D eigenvalue weighted by atomic mass is 9.89. The lowest BCUT2D eigenvalue weighted by molar-refractivity contribution is -0.140. The second kappa shape index (κ2) is 7.12. The standard InChI is InChI=1S/C9H18NO4P/c11-9(12)8-6-7(3-4-10-8)2-1-5-15-14-13/h7-8,10,13,15H,1-6H2,(H,11,12)/t7-,8+/m0/s1. The molecule has 0 aliphatic carbocycles. The molecular formula is C9H18NO4P. The van der Waals surface area contributed by atoms with Crippen LogP contribution in [-0.4, -0.2) is 35.1 Å². The van der Waals surface area contributed by atoms with E-state index in [0.29, 0.717) is 5.92 Å². The molecule has 5 nitrogen and oxygen atoms in total. The summed E-state index contributed by atoms with van der Waals surface area (Å²) in [5.41, 5.74) is 0. The molecule has 15 heavy (non-hydrogen) atoms. The smallest absolute Gasteiger partial charge is 0.320 e. The first-order chi connectivity index (χ1) is 7.24. The molecule has 0 aromatic carbocycles. The molecule has 1 aliphatic rings. The van der Waals surface area contributed by atoms with Crippen molar-refractivity contribution in [2.45, 2.75) is 31.7 Å². The van der Waals surface area contributed by atoms with Crippen molar-refractivity contribution >= 4 is 14.8 Å². The Bertz CT molecular complexity index is 203. The molecule has 1 unspecified atom stereocenters. The van der Waals surface area contributed by atoms with E-state index in [9.17, 15) is 4.79 Å². The monoisotopic (exact) mass is 235 g/mol. The summed E-state index contributed by atoms with van der Waals surface area (Å²) in [5.74, 6) is -0.254. The first-order valence-electron chi connectivity index (χ1n) is 5.23. The lowest BCUT2D eigenvalue weighted by Gasteiger charge is -2.27. The number of carboxylic acid groups (broad SMARTS) is 1. The number of nitrogens with one attached hydrogen (secondary N) is 1. The summed E-state index contributed by atoms with van der Waals surface area (Å²) in [7, 11) is 0.149. The molecule has 0 aromatic rings. The van der Waals surface area contributed by atoms with E-state index in [1.807, 2.05) is 0 Å². The van der Waals surface area contributed by atoms with E-state index in [-0.39, 0.29) is 14.8 Å². The van der Waals surface area contributed by atoms with Gasteiger partial charge in [-0.1, -0.05) is 0 Å². The Morgan fingerprint density at radius 1 is 1.60 bits per heavy atom. The molecule has 1 fully saturated rings. The van der Waals surface area contributed by atoms with E-state index in [0.717, 1.165) is 38.4 Å². The van der Waals surface area contributed by atoms with Crippen molar-refractivity contribution in [2.24, 2.45) is 5.92 Å². The number of hydrogen-bond acceptors (Lipinski definition) is 4. The predicted octanol–water partition coefficient (Wildman–Crippen LogP) is 1.30. The third-order valence-corrected chi connectivity index (χ3v) is 3.45. The normalized spacial score (nSPS) is 27.3. The van der Waals surface area contributed by atoms with Crippen LogP contribution in [0.15, 0.2) is 0 Å². The van der Waals surface area contributed by atoms with E-state index in [2.05, 4.69) is 9.99 Å². The van der Waals surface area contributed by atoms with Crippen LogP contribution in [0, 0.1) is 5.92 Å². The number of aliphatic carboxylic acids is 1. The van der Waals surface area contributed by atoms with Gasteiger partial charge in [-0.15, -0.1) is 0 Å². The second-order valence-corrected chi connectivity index (χ2v) is 4.83. The topological polar surface area (TPSA) is 78.8 Å². The van der Waals surface area contributed by atoms with E-state index in [1.165, 1.54) is 0 Å². The highest BCUT2D eigenvalue weighted by atomic mass is 31.1. The van der Waals surface area contributed by atoms with Gasteiger partial charge in [0.15, 0.2) is 0 Å². The van der Waals surface area contributed by atoms with Gasteiger partial charge in [0, 0.05) is 0 Å². The lowest BCUT2D eigenvalue weighted by Crippen LogP contribution is -2.43. The van der Waals surface area contributed by atoms with Gasteiger partial charge in [-0.25, -0.2) is 9.93 Å². The van der Waals surface area contributed by atoms with Crippen LogP contribution >= 0.6 is 8.81 Å². The van der Waals surface area contributed by atoms with Crippen LogP contribution < -0.4 is 5.32 Å². The van der Waals surface area contributed by atoms with Crippen molar-refractivity contribution in [3.8, 4) is 0 Å². The Kier molecular flexibility index (Phi) is 6.10. The van der Waals surface area contributed by atoms with Gasteiger partial charge in [0.2, 0.25) is 0 Å². The van der Waals surface area contributed by atoms with Gasteiger partial charge in [-0.2, -0.15) is 0 Å². The van der Waals surface area contributed by atoms with Crippen molar-refractivity contribution in [3.63, 3.8) is 0 Å². The zero-order chi connectivity index (χ0) is 11.1. The summed E-state index contributed by atoms with van der Waals surface area (Å²) in [6.45, 7) is 0.792. The van der Waals surface area contributed by atoms with Crippen molar-refractivity contribution in [1.82, 2.24) is 5.32 Å². The average molecular weight is 235 g/mol.